The van der Waals surface area contributed by atoms with Crippen LogP contribution in [0.25, 0.3) is 0 Å². The molecular formula is C54H102O13. The first-order valence-electron chi connectivity index (χ1n) is 27.8. The molecule has 0 radical (unpaired) electrons. The number of aliphatic hydroxyl groups excluding tert-OH is 6. The van der Waals surface area contributed by atoms with Crippen LogP contribution in [0.2, 0.25) is 0 Å². The van der Waals surface area contributed by atoms with E-state index >= 15 is 0 Å². The molecule has 10 atom stereocenters. The number of aliphatic hydroxyl groups is 6. The highest BCUT2D eigenvalue weighted by Crippen LogP contribution is 2.30. The van der Waals surface area contributed by atoms with E-state index in [0.29, 0.717) is 0 Å². The second-order valence-electron chi connectivity index (χ2n) is 20.3. The van der Waals surface area contributed by atoms with Crippen LogP contribution in [-0.4, -0.2) is 117 Å². The molecule has 0 amide bonds. The van der Waals surface area contributed by atoms with Gasteiger partial charge in [-0.1, -0.05) is 207 Å². The molecule has 13 nitrogen and oxygen atoms in total. The van der Waals surface area contributed by atoms with Crippen LogP contribution in [0.5, 0.6) is 0 Å². The number of rotatable bonds is 42. The zero-order chi connectivity index (χ0) is 49.1. The molecule has 2 aliphatic heterocycles. The molecule has 0 unspecified atom stereocenters. The van der Waals surface area contributed by atoms with Gasteiger partial charge in [-0.25, -0.2) is 0 Å². The van der Waals surface area contributed by atoms with Gasteiger partial charge >= 0.3 is 11.9 Å². The summed E-state index contributed by atoms with van der Waals surface area (Å²) < 4.78 is 28.6. The van der Waals surface area contributed by atoms with Gasteiger partial charge in [0.2, 0.25) is 0 Å². The lowest BCUT2D eigenvalue weighted by Gasteiger charge is -2.44. The Morgan fingerprint density at radius 2 is 0.627 bits per heavy atom. The topological polar surface area (TPSA) is 202 Å². The summed E-state index contributed by atoms with van der Waals surface area (Å²) in [6.07, 6.45) is 21.2. The minimum absolute atomic E-state index is 0.171. The zero-order valence-electron chi connectivity index (χ0n) is 42.9. The standard InChI is InChI=1S/C54H102O13/c1-5-9-13-17-21-25-29-33-41(34-30-26-22-18-14-10-6-2)37-45(55)63-39-43-47(57)49(59)51(61)53(65-43)67-54-52(62)50(60)48(58)44(66-54)40-64-46(56)38-42(35-31-27-23-19-15-11-7-3)36-32-28-24-20-16-12-8-4/h41-44,47-54,57-62H,5-40H2,1-4H3/t43-,44-,47-,48-,49-,50-,51-,52-,53-,54-/m1/s1. The van der Waals surface area contributed by atoms with Gasteiger partial charge in [0.25, 0.3) is 0 Å². The molecule has 2 heterocycles. The van der Waals surface area contributed by atoms with Crippen LogP contribution in [0.15, 0.2) is 0 Å². The maximum Gasteiger partial charge on any atom is 0.306 e. The van der Waals surface area contributed by atoms with Gasteiger partial charge in [0.1, 0.15) is 62.0 Å². The van der Waals surface area contributed by atoms with Crippen LogP contribution in [0.3, 0.4) is 0 Å². The van der Waals surface area contributed by atoms with Crippen molar-refractivity contribution in [3.8, 4) is 0 Å². The molecule has 13 heteroatoms. The third kappa shape index (κ3) is 27.1. The minimum atomic E-state index is -1.81. The lowest BCUT2D eigenvalue weighted by Crippen LogP contribution is -2.64. The minimum Gasteiger partial charge on any atom is -0.463 e. The van der Waals surface area contributed by atoms with Crippen molar-refractivity contribution < 1.29 is 63.9 Å². The Balaban J connectivity index is 1.96. The van der Waals surface area contributed by atoms with E-state index < -0.39 is 86.6 Å². The van der Waals surface area contributed by atoms with E-state index in [-0.39, 0.29) is 24.7 Å². The number of unbranched alkanes of at least 4 members (excludes halogenated alkanes) is 24. The summed E-state index contributed by atoms with van der Waals surface area (Å²) in [5.41, 5.74) is 0. The van der Waals surface area contributed by atoms with E-state index in [9.17, 15) is 40.2 Å². The fourth-order valence-corrected chi connectivity index (χ4v) is 9.66. The summed E-state index contributed by atoms with van der Waals surface area (Å²) in [6.45, 7) is 8.01. The van der Waals surface area contributed by atoms with E-state index in [2.05, 4.69) is 27.7 Å². The molecule has 2 rings (SSSR count). The Kier molecular flexibility index (Phi) is 36.1. The fourth-order valence-electron chi connectivity index (χ4n) is 9.66. The van der Waals surface area contributed by atoms with Crippen LogP contribution in [0.1, 0.15) is 246 Å². The van der Waals surface area contributed by atoms with Gasteiger partial charge in [0.05, 0.1) is 0 Å². The SMILES string of the molecule is CCCCCCCCCC(CCCCCCCCC)CC(=O)OC[C@H]1O[C@H](O[C@H]2O[C@H](COC(=O)CC(CCCCCCCCC)CCCCCCCCC)[C@@H](O)[C@@H](O)[C@H]2O)[C@H](O)[C@H](O)[C@@H]1O. The second-order valence-corrected chi connectivity index (χ2v) is 20.3. The Bertz CT molecular complexity index is 1070. The molecule has 67 heavy (non-hydrogen) atoms. The van der Waals surface area contributed by atoms with Crippen molar-refractivity contribution in [3.05, 3.63) is 0 Å². The van der Waals surface area contributed by atoms with Crippen LogP contribution in [0, 0.1) is 11.8 Å². The summed E-state index contributed by atoms with van der Waals surface area (Å²) in [7, 11) is 0. The van der Waals surface area contributed by atoms with Crippen LogP contribution in [-0.2, 0) is 33.3 Å². The molecule has 396 valence electrons. The maximum atomic E-state index is 13.2. The number of carbonyl (C=O) groups is 2. The molecule has 0 aliphatic carbocycles. The quantitative estimate of drug-likeness (QED) is 0.0250. The lowest BCUT2D eigenvalue weighted by molar-refractivity contribution is -0.376. The number of hydrogen-bond donors (Lipinski definition) is 6. The third-order valence-electron chi connectivity index (χ3n) is 14.2. The van der Waals surface area contributed by atoms with Gasteiger partial charge in [0.15, 0.2) is 12.6 Å². The Labute approximate surface area is 407 Å². The molecular weight excluding hydrogens is 857 g/mol. The van der Waals surface area contributed by atoms with E-state index in [1.54, 1.807) is 0 Å². The van der Waals surface area contributed by atoms with E-state index in [1.807, 2.05) is 0 Å². The van der Waals surface area contributed by atoms with Gasteiger partial charge in [0, 0.05) is 12.8 Å². The van der Waals surface area contributed by atoms with Crippen molar-refractivity contribution >= 4 is 11.9 Å². The monoisotopic (exact) mass is 959 g/mol. The van der Waals surface area contributed by atoms with Crippen molar-refractivity contribution in [2.75, 3.05) is 13.2 Å². The van der Waals surface area contributed by atoms with Gasteiger partial charge in [-0.05, 0) is 37.5 Å². The molecule has 0 spiro atoms. The smallest absolute Gasteiger partial charge is 0.306 e. The summed E-state index contributed by atoms with van der Waals surface area (Å²) in [6, 6.07) is 0. The van der Waals surface area contributed by atoms with Crippen LogP contribution >= 0.6 is 0 Å². The Morgan fingerprint density at radius 1 is 0.373 bits per heavy atom. The van der Waals surface area contributed by atoms with E-state index in [0.717, 1.165) is 77.0 Å². The largest absolute Gasteiger partial charge is 0.463 e. The molecule has 0 aromatic carbocycles. The molecule has 0 aromatic rings. The average Bonchev–Trinajstić information content (AvgIpc) is 3.31. The van der Waals surface area contributed by atoms with Gasteiger partial charge in [-0.15, -0.1) is 0 Å². The molecule has 2 saturated heterocycles. The first-order valence-corrected chi connectivity index (χ1v) is 27.8. The number of ether oxygens (including phenoxy) is 5. The zero-order valence-corrected chi connectivity index (χ0v) is 42.9. The fraction of sp³-hybridized carbons (Fsp3) is 0.963. The van der Waals surface area contributed by atoms with Crippen molar-refractivity contribution in [1.82, 2.24) is 0 Å². The predicted molar refractivity (Wildman–Crippen MR) is 263 cm³/mol. The molecule has 2 aliphatic rings. The predicted octanol–water partition coefficient (Wildman–Crippen LogP) is 10.3. The first kappa shape index (κ1) is 61.7. The van der Waals surface area contributed by atoms with Crippen molar-refractivity contribution in [2.45, 2.75) is 307 Å². The number of esters is 2. The van der Waals surface area contributed by atoms with Gasteiger partial charge < -0.3 is 54.3 Å². The third-order valence-corrected chi connectivity index (χ3v) is 14.2. The van der Waals surface area contributed by atoms with Crippen LogP contribution in [0.4, 0.5) is 0 Å². The molecule has 0 aromatic heterocycles. The molecule has 0 bridgehead atoms. The van der Waals surface area contributed by atoms with Gasteiger partial charge in [-0.2, -0.15) is 0 Å². The lowest BCUT2D eigenvalue weighted by atomic mass is 9.91. The van der Waals surface area contributed by atoms with Crippen molar-refractivity contribution in [3.63, 3.8) is 0 Å². The second kappa shape index (κ2) is 39.2. The molecule has 0 saturated carbocycles. The van der Waals surface area contributed by atoms with E-state index in [1.165, 1.54) is 128 Å². The summed E-state index contributed by atoms with van der Waals surface area (Å²) >= 11 is 0. The Hall–Kier alpha value is -1.42. The summed E-state index contributed by atoms with van der Waals surface area (Å²) in [5, 5.41) is 65.0. The number of hydrogen-bond acceptors (Lipinski definition) is 13. The highest BCUT2D eigenvalue weighted by atomic mass is 16.8. The highest BCUT2D eigenvalue weighted by molar-refractivity contribution is 5.70. The molecule has 2 fully saturated rings. The van der Waals surface area contributed by atoms with Crippen molar-refractivity contribution in [2.24, 2.45) is 11.8 Å². The van der Waals surface area contributed by atoms with Crippen molar-refractivity contribution in [1.29, 1.82) is 0 Å². The maximum absolute atomic E-state index is 13.2. The first-order chi connectivity index (χ1) is 32.5. The van der Waals surface area contributed by atoms with Crippen LogP contribution < -0.4 is 0 Å². The summed E-state index contributed by atoms with van der Waals surface area (Å²) in [4.78, 5) is 26.5. The Morgan fingerprint density at radius 3 is 0.896 bits per heavy atom. The number of carbonyl (C=O) groups excluding carboxylic acids is 2. The average molecular weight is 959 g/mol. The van der Waals surface area contributed by atoms with Gasteiger partial charge in [-0.3, -0.25) is 9.59 Å². The summed E-state index contributed by atoms with van der Waals surface area (Å²) in [5.74, 6) is -0.534. The normalized spacial score (nSPS) is 25.6. The molecule has 6 N–H and O–H groups in total. The highest BCUT2D eigenvalue weighted by Gasteiger charge is 2.50. The van der Waals surface area contributed by atoms with E-state index in [4.69, 9.17) is 23.7 Å².